The summed E-state index contributed by atoms with van der Waals surface area (Å²) in [5.41, 5.74) is 0.567. The van der Waals surface area contributed by atoms with Gasteiger partial charge >= 0.3 is 0 Å². The number of rotatable bonds is 7. The van der Waals surface area contributed by atoms with Crippen molar-refractivity contribution in [1.82, 2.24) is 10.6 Å². The maximum absolute atomic E-state index is 12.7. The van der Waals surface area contributed by atoms with Crippen molar-refractivity contribution in [3.63, 3.8) is 0 Å². The molecule has 1 aromatic carbocycles. The molecule has 24 heavy (non-hydrogen) atoms. The number of hydrogen-bond donors (Lipinski definition) is 2. The van der Waals surface area contributed by atoms with Gasteiger partial charge in [0.15, 0.2) is 0 Å². The first kappa shape index (κ1) is 19.2. The van der Waals surface area contributed by atoms with Crippen LogP contribution in [0.4, 0.5) is 0 Å². The number of methoxy groups -OCH3 is 1. The van der Waals surface area contributed by atoms with Crippen LogP contribution in [0, 0.1) is 5.41 Å². The van der Waals surface area contributed by atoms with Gasteiger partial charge in [-0.2, -0.15) is 0 Å². The summed E-state index contributed by atoms with van der Waals surface area (Å²) in [6, 6.07) is 5.49. The zero-order chi connectivity index (χ0) is 17.6. The number of benzene rings is 1. The van der Waals surface area contributed by atoms with E-state index in [9.17, 15) is 4.79 Å². The molecule has 0 spiro atoms. The number of piperidine rings is 1. The van der Waals surface area contributed by atoms with Gasteiger partial charge in [-0.1, -0.05) is 15.9 Å². The predicted molar refractivity (Wildman–Crippen MR) is 98.7 cm³/mol. The Kier molecular flexibility index (Phi) is 7.07. The lowest BCUT2D eigenvalue weighted by molar-refractivity contribution is 0.0511. The number of hydrogen-bond acceptors (Lipinski definition) is 4. The van der Waals surface area contributed by atoms with Crippen molar-refractivity contribution in [1.29, 1.82) is 0 Å². The Morgan fingerprint density at radius 3 is 2.71 bits per heavy atom. The van der Waals surface area contributed by atoms with E-state index in [4.69, 9.17) is 9.47 Å². The summed E-state index contributed by atoms with van der Waals surface area (Å²) < 4.78 is 12.1. The molecule has 134 valence electrons. The molecule has 0 radical (unpaired) electrons. The third-order valence-corrected chi connectivity index (χ3v) is 4.78. The van der Waals surface area contributed by atoms with Gasteiger partial charge in [0, 0.05) is 23.5 Å². The maximum Gasteiger partial charge on any atom is 0.255 e. The number of carbonyl (C=O) groups excluding carboxylic acids is 1. The molecular formula is C18H27BrN2O3. The standard InChI is InChI=1S/C18H27BrN2O3/c1-13(2)24-16-10-14(19)4-5-15(16)17(22)21-11-18(12-23-3)6-8-20-9-7-18/h4-5,10,13,20H,6-9,11-12H2,1-3H3,(H,21,22). The molecule has 2 N–H and O–H groups in total. The van der Waals surface area contributed by atoms with E-state index in [1.807, 2.05) is 26.0 Å². The van der Waals surface area contributed by atoms with Crippen molar-refractivity contribution >= 4 is 21.8 Å². The number of halogens is 1. The fourth-order valence-corrected chi connectivity index (χ4v) is 3.37. The van der Waals surface area contributed by atoms with Crippen LogP contribution in [-0.2, 0) is 4.74 Å². The Hall–Kier alpha value is -1.11. The summed E-state index contributed by atoms with van der Waals surface area (Å²) in [6.45, 7) is 7.08. The minimum absolute atomic E-state index is 0.00406. The SMILES string of the molecule is COCC1(CNC(=O)c2ccc(Br)cc2OC(C)C)CCNCC1. The molecule has 0 aromatic heterocycles. The number of ether oxygens (including phenoxy) is 2. The molecule has 1 fully saturated rings. The Labute approximate surface area is 152 Å². The Balaban J connectivity index is 2.08. The van der Waals surface area contributed by atoms with Crippen LogP contribution in [0.25, 0.3) is 0 Å². The largest absolute Gasteiger partial charge is 0.490 e. The molecule has 1 heterocycles. The monoisotopic (exact) mass is 398 g/mol. The van der Waals surface area contributed by atoms with Crippen molar-refractivity contribution in [2.75, 3.05) is 33.4 Å². The third-order valence-electron chi connectivity index (χ3n) is 4.29. The lowest BCUT2D eigenvalue weighted by atomic mass is 9.79. The van der Waals surface area contributed by atoms with Gasteiger partial charge in [-0.05, 0) is 58.0 Å². The van der Waals surface area contributed by atoms with Crippen molar-refractivity contribution in [2.45, 2.75) is 32.8 Å². The molecule has 1 aliphatic heterocycles. The highest BCUT2D eigenvalue weighted by Crippen LogP contribution is 2.29. The molecule has 0 unspecified atom stereocenters. The number of carbonyl (C=O) groups is 1. The molecule has 0 atom stereocenters. The Morgan fingerprint density at radius 1 is 1.38 bits per heavy atom. The average Bonchev–Trinajstić information content (AvgIpc) is 2.53. The first-order chi connectivity index (χ1) is 11.5. The molecule has 0 bridgehead atoms. The molecule has 1 amide bonds. The topological polar surface area (TPSA) is 59.6 Å². The highest BCUT2D eigenvalue weighted by atomic mass is 79.9. The smallest absolute Gasteiger partial charge is 0.255 e. The van der Waals surface area contributed by atoms with Gasteiger partial charge < -0.3 is 20.1 Å². The fraction of sp³-hybridized carbons (Fsp3) is 0.611. The van der Waals surface area contributed by atoms with E-state index in [0.29, 0.717) is 24.5 Å². The van der Waals surface area contributed by atoms with E-state index in [0.717, 1.165) is 30.4 Å². The van der Waals surface area contributed by atoms with E-state index in [-0.39, 0.29) is 17.4 Å². The zero-order valence-electron chi connectivity index (χ0n) is 14.7. The Bertz CT molecular complexity index is 552. The van der Waals surface area contributed by atoms with Crippen LogP contribution in [0.5, 0.6) is 5.75 Å². The van der Waals surface area contributed by atoms with Gasteiger partial charge in [0.1, 0.15) is 5.75 Å². The molecule has 0 aliphatic carbocycles. The summed E-state index contributed by atoms with van der Waals surface area (Å²) in [6.07, 6.45) is 2.00. The highest BCUT2D eigenvalue weighted by Gasteiger charge is 2.32. The summed E-state index contributed by atoms with van der Waals surface area (Å²) in [4.78, 5) is 12.7. The molecule has 0 saturated carbocycles. The molecule has 1 aromatic rings. The van der Waals surface area contributed by atoms with E-state index >= 15 is 0 Å². The van der Waals surface area contributed by atoms with Crippen molar-refractivity contribution in [3.8, 4) is 5.75 Å². The van der Waals surface area contributed by atoms with Gasteiger partial charge in [-0.25, -0.2) is 0 Å². The second-order valence-corrected chi connectivity index (χ2v) is 7.59. The first-order valence-electron chi connectivity index (χ1n) is 8.40. The van der Waals surface area contributed by atoms with Crippen LogP contribution in [0.1, 0.15) is 37.0 Å². The van der Waals surface area contributed by atoms with E-state index in [1.54, 1.807) is 13.2 Å². The van der Waals surface area contributed by atoms with Crippen LogP contribution in [-0.4, -0.2) is 45.4 Å². The molecule has 5 nitrogen and oxygen atoms in total. The molecule has 2 rings (SSSR count). The van der Waals surface area contributed by atoms with Crippen LogP contribution in [0.2, 0.25) is 0 Å². The number of amides is 1. The van der Waals surface area contributed by atoms with Crippen LogP contribution in [0.15, 0.2) is 22.7 Å². The highest BCUT2D eigenvalue weighted by molar-refractivity contribution is 9.10. The van der Waals surface area contributed by atoms with E-state index < -0.39 is 0 Å². The summed E-state index contributed by atoms with van der Waals surface area (Å²) in [5.74, 6) is 0.495. The maximum atomic E-state index is 12.7. The van der Waals surface area contributed by atoms with Crippen molar-refractivity contribution in [3.05, 3.63) is 28.2 Å². The third kappa shape index (κ3) is 5.19. The first-order valence-corrected chi connectivity index (χ1v) is 9.19. The summed E-state index contributed by atoms with van der Waals surface area (Å²) in [7, 11) is 1.72. The average molecular weight is 399 g/mol. The quantitative estimate of drug-likeness (QED) is 0.740. The Morgan fingerprint density at radius 2 is 2.08 bits per heavy atom. The van der Waals surface area contributed by atoms with Crippen LogP contribution < -0.4 is 15.4 Å². The van der Waals surface area contributed by atoms with E-state index in [2.05, 4.69) is 26.6 Å². The zero-order valence-corrected chi connectivity index (χ0v) is 16.2. The van der Waals surface area contributed by atoms with Crippen LogP contribution >= 0.6 is 15.9 Å². The fourth-order valence-electron chi connectivity index (χ4n) is 3.03. The van der Waals surface area contributed by atoms with Gasteiger partial charge in [-0.3, -0.25) is 4.79 Å². The second kappa shape index (κ2) is 8.83. The number of nitrogens with one attached hydrogen (secondary N) is 2. The van der Waals surface area contributed by atoms with E-state index in [1.165, 1.54) is 0 Å². The van der Waals surface area contributed by atoms with Crippen LogP contribution in [0.3, 0.4) is 0 Å². The van der Waals surface area contributed by atoms with Crippen molar-refractivity contribution in [2.24, 2.45) is 5.41 Å². The van der Waals surface area contributed by atoms with Crippen molar-refractivity contribution < 1.29 is 14.3 Å². The van der Waals surface area contributed by atoms with Gasteiger partial charge in [0.2, 0.25) is 0 Å². The molecular weight excluding hydrogens is 372 g/mol. The lowest BCUT2D eigenvalue weighted by Gasteiger charge is -2.37. The lowest BCUT2D eigenvalue weighted by Crippen LogP contribution is -2.47. The second-order valence-electron chi connectivity index (χ2n) is 6.67. The van der Waals surface area contributed by atoms with Gasteiger partial charge in [-0.15, -0.1) is 0 Å². The molecule has 1 aliphatic rings. The normalized spacial score (nSPS) is 16.9. The summed E-state index contributed by atoms with van der Waals surface area (Å²) in [5, 5.41) is 6.45. The predicted octanol–water partition coefficient (Wildman–Crippen LogP) is 2.98. The summed E-state index contributed by atoms with van der Waals surface area (Å²) >= 11 is 3.43. The molecule has 6 heteroatoms. The van der Waals surface area contributed by atoms with Gasteiger partial charge in [0.25, 0.3) is 5.91 Å². The minimum atomic E-state index is -0.104. The van der Waals surface area contributed by atoms with Gasteiger partial charge in [0.05, 0.1) is 18.3 Å². The molecule has 1 saturated heterocycles. The minimum Gasteiger partial charge on any atom is -0.490 e.